The van der Waals surface area contributed by atoms with Gasteiger partial charge < -0.3 is 14.6 Å². The van der Waals surface area contributed by atoms with Gasteiger partial charge in [0.2, 0.25) is 5.88 Å². The highest BCUT2D eigenvalue weighted by Gasteiger charge is 2.19. The predicted octanol–water partition coefficient (Wildman–Crippen LogP) is 3.15. The number of carbonyl (C=O) groups is 2. The quantitative estimate of drug-likeness (QED) is 0.803. The average molecular weight is 353 g/mol. The summed E-state index contributed by atoms with van der Waals surface area (Å²) in [5.41, 5.74) is 1.84. The van der Waals surface area contributed by atoms with Gasteiger partial charge in [0.15, 0.2) is 12.4 Å². The zero-order valence-corrected chi connectivity index (χ0v) is 14.4. The van der Waals surface area contributed by atoms with Crippen molar-refractivity contribution < 1.29 is 24.2 Å². The molecule has 1 N–H and O–H groups in total. The number of carboxylic acids is 1. The lowest BCUT2D eigenvalue weighted by atomic mass is 10.2. The van der Waals surface area contributed by atoms with Crippen LogP contribution in [0.1, 0.15) is 28.5 Å². The van der Waals surface area contributed by atoms with E-state index in [1.807, 2.05) is 13.8 Å². The Labute approximate surface area is 143 Å². The van der Waals surface area contributed by atoms with Crippen molar-refractivity contribution in [3.8, 4) is 17.4 Å². The molecular weight excluding hydrogens is 336 g/mol. The zero-order valence-electron chi connectivity index (χ0n) is 13.7. The standard InChI is InChI=1S/C16H17ClN2O5/c1-8-9(2)18-19(4)15(8)24-13-6-14(23-10(3)16(21)22)12(17)5-11(13)7-20/h5-7,10H,1-4H3,(H,21,22)/t10-/m0/s1. The molecule has 0 spiro atoms. The van der Waals surface area contributed by atoms with Gasteiger partial charge in [0.25, 0.3) is 0 Å². The lowest BCUT2D eigenvalue weighted by Crippen LogP contribution is -2.23. The first-order chi connectivity index (χ1) is 11.2. The van der Waals surface area contributed by atoms with Crippen LogP contribution >= 0.6 is 11.6 Å². The number of halogens is 1. The van der Waals surface area contributed by atoms with Crippen LogP contribution in [0.3, 0.4) is 0 Å². The van der Waals surface area contributed by atoms with Gasteiger partial charge in [-0.1, -0.05) is 11.6 Å². The Kier molecular flexibility index (Phi) is 5.14. The highest BCUT2D eigenvalue weighted by molar-refractivity contribution is 6.32. The molecule has 8 heteroatoms. The van der Waals surface area contributed by atoms with E-state index >= 15 is 0 Å². The van der Waals surface area contributed by atoms with Crippen LogP contribution < -0.4 is 9.47 Å². The van der Waals surface area contributed by atoms with E-state index in [2.05, 4.69) is 5.10 Å². The zero-order chi connectivity index (χ0) is 18.0. The smallest absolute Gasteiger partial charge is 0.344 e. The van der Waals surface area contributed by atoms with Crippen molar-refractivity contribution in [3.63, 3.8) is 0 Å². The fraction of sp³-hybridized carbons (Fsp3) is 0.312. The molecule has 0 amide bonds. The van der Waals surface area contributed by atoms with Crippen LogP contribution in [0.15, 0.2) is 12.1 Å². The first-order valence-corrected chi connectivity index (χ1v) is 7.48. The molecular formula is C16H17ClN2O5. The summed E-state index contributed by atoms with van der Waals surface area (Å²) in [6.07, 6.45) is -0.498. The van der Waals surface area contributed by atoms with Gasteiger partial charge in [0, 0.05) is 18.7 Å². The van der Waals surface area contributed by atoms with E-state index < -0.39 is 12.1 Å². The van der Waals surface area contributed by atoms with E-state index in [-0.39, 0.29) is 22.1 Å². The van der Waals surface area contributed by atoms with Crippen LogP contribution in [0.2, 0.25) is 5.02 Å². The summed E-state index contributed by atoms with van der Waals surface area (Å²) in [6.45, 7) is 5.06. The number of carboxylic acid groups (broad SMARTS) is 1. The van der Waals surface area contributed by atoms with Gasteiger partial charge >= 0.3 is 5.97 Å². The number of nitrogens with zero attached hydrogens (tertiary/aromatic N) is 2. The Balaban J connectivity index is 2.44. The molecule has 2 aromatic rings. The molecule has 0 aliphatic carbocycles. The van der Waals surface area contributed by atoms with Gasteiger partial charge in [-0.3, -0.25) is 4.79 Å². The molecule has 0 aliphatic heterocycles. The molecule has 0 bridgehead atoms. The maximum atomic E-state index is 11.3. The van der Waals surface area contributed by atoms with Crippen molar-refractivity contribution in [2.24, 2.45) is 7.05 Å². The summed E-state index contributed by atoms with van der Waals surface area (Å²) >= 11 is 6.05. The van der Waals surface area contributed by atoms with Gasteiger partial charge in [0.1, 0.15) is 11.5 Å². The van der Waals surface area contributed by atoms with Gasteiger partial charge in [0.05, 0.1) is 16.3 Å². The topological polar surface area (TPSA) is 90.7 Å². The summed E-state index contributed by atoms with van der Waals surface area (Å²) in [7, 11) is 1.72. The molecule has 128 valence electrons. The van der Waals surface area contributed by atoms with Crippen LogP contribution in [0, 0.1) is 13.8 Å². The largest absolute Gasteiger partial charge is 0.479 e. The van der Waals surface area contributed by atoms with E-state index in [1.165, 1.54) is 19.1 Å². The van der Waals surface area contributed by atoms with E-state index in [9.17, 15) is 9.59 Å². The Hall–Kier alpha value is -2.54. The summed E-state index contributed by atoms with van der Waals surface area (Å²) in [6, 6.07) is 2.76. The van der Waals surface area contributed by atoms with Crippen molar-refractivity contribution in [3.05, 3.63) is 34.0 Å². The van der Waals surface area contributed by atoms with Crippen molar-refractivity contribution in [2.75, 3.05) is 0 Å². The molecule has 1 aromatic carbocycles. The molecule has 1 heterocycles. The van der Waals surface area contributed by atoms with Gasteiger partial charge in [-0.2, -0.15) is 5.10 Å². The van der Waals surface area contributed by atoms with Crippen LogP contribution in [-0.4, -0.2) is 33.2 Å². The third-order valence-corrected chi connectivity index (χ3v) is 3.80. The molecule has 0 unspecified atom stereocenters. The maximum Gasteiger partial charge on any atom is 0.344 e. The number of carbonyl (C=O) groups excluding carboxylic acids is 1. The molecule has 0 aliphatic rings. The number of benzene rings is 1. The van der Waals surface area contributed by atoms with Crippen LogP contribution in [0.5, 0.6) is 17.4 Å². The predicted molar refractivity (Wildman–Crippen MR) is 87.3 cm³/mol. The molecule has 1 aromatic heterocycles. The first-order valence-electron chi connectivity index (χ1n) is 7.10. The van der Waals surface area contributed by atoms with E-state index in [0.29, 0.717) is 12.2 Å². The minimum atomic E-state index is -1.13. The number of aromatic nitrogens is 2. The Morgan fingerprint density at radius 3 is 2.54 bits per heavy atom. The van der Waals surface area contributed by atoms with E-state index in [4.69, 9.17) is 26.2 Å². The first kappa shape index (κ1) is 17.8. The van der Waals surface area contributed by atoms with Gasteiger partial charge in [-0.05, 0) is 26.8 Å². The molecule has 1 atom stereocenters. The van der Waals surface area contributed by atoms with Gasteiger partial charge in [-0.15, -0.1) is 0 Å². The summed E-state index contributed by atoms with van der Waals surface area (Å²) in [4.78, 5) is 22.2. The normalized spacial score (nSPS) is 11.9. The van der Waals surface area contributed by atoms with Crippen LogP contribution in [0.4, 0.5) is 0 Å². The Bertz CT molecular complexity index is 800. The highest BCUT2D eigenvalue weighted by Crippen LogP contribution is 2.36. The lowest BCUT2D eigenvalue weighted by molar-refractivity contribution is -0.144. The van der Waals surface area contributed by atoms with Crippen molar-refractivity contribution >= 4 is 23.9 Å². The molecule has 0 saturated heterocycles. The SMILES string of the molecule is Cc1nn(C)c(Oc2cc(O[C@@H](C)C(=O)O)c(Cl)cc2C=O)c1C. The van der Waals surface area contributed by atoms with Gasteiger partial charge in [-0.25, -0.2) is 9.48 Å². The summed E-state index contributed by atoms with van der Waals surface area (Å²) in [5.74, 6) is -0.349. The number of aliphatic carboxylic acids is 1. The molecule has 24 heavy (non-hydrogen) atoms. The third kappa shape index (κ3) is 3.51. The number of rotatable bonds is 6. The fourth-order valence-electron chi connectivity index (χ4n) is 2.05. The second kappa shape index (κ2) is 6.92. The number of hydrogen-bond acceptors (Lipinski definition) is 5. The second-order valence-electron chi connectivity index (χ2n) is 5.28. The number of hydrogen-bond donors (Lipinski definition) is 1. The highest BCUT2D eigenvalue weighted by atomic mass is 35.5. The number of aldehydes is 1. The molecule has 0 fully saturated rings. The molecule has 2 rings (SSSR count). The van der Waals surface area contributed by atoms with Crippen molar-refractivity contribution in [1.82, 2.24) is 9.78 Å². The minimum Gasteiger partial charge on any atom is -0.479 e. The Morgan fingerprint density at radius 1 is 1.38 bits per heavy atom. The van der Waals surface area contributed by atoms with Crippen LogP contribution in [-0.2, 0) is 11.8 Å². The van der Waals surface area contributed by atoms with E-state index in [1.54, 1.807) is 11.7 Å². The fourth-order valence-corrected chi connectivity index (χ4v) is 2.27. The monoisotopic (exact) mass is 352 g/mol. The average Bonchev–Trinajstić information content (AvgIpc) is 2.76. The van der Waals surface area contributed by atoms with Crippen molar-refractivity contribution in [2.45, 2.75) is 26.9 Å². The molecule has 0 radical (unpaired) electrons. The third-order valence-electron chi connectivity index (χ3n) is 3.51. The maximum absolute atomic E-state index is 11.3. The summed E-state index contributed by atoms with van der Waals surface area (Å²) in [5, 5.41) is 13.3. The lowest BCUT2D eigenvalue weighted by Gasteiger charge is -2.15. The van der Waals surface area contributed by atoms with Crippen molar-refractivity contribution in [1.29, 1.82) is 0 Å². The second-order valence-corrected chi connectivity index (χ2v) is 5.69. The minimum absolute atomic E-state index is 0.115. The molecule has 7 nitrogen and oxygen atoms in total. The van der Waals surface area contributed by atoms with Crippen LogP contribution in [0.25, 0.3) is 0 Å². The molecule has 0 saturated carbocycles. The summed E-state index contributed by atoms with van der Waals surface area (Å²) < 4.78 is 12.7. The van der Waals surface area contributed by atoms with E-state index in [0.717, 1.165) is 11.3 Å². The number of ether oxygens (including phenoxy) is 2. The Morgan fingerprint density at radius 2 is 2.04 bits per heavy atom. The number of aryl methyl sites for hydroxylation is 2.